The molecule has 5 nitrogen and oxygen atoms in total. The fourth-order valence-corrected chi connectivity index (χ4v) is 3.88. The molecule has 0 radical (unpaired) electrons. The van der Waals surface area contributed by atoms with Crippen molar-refractivity contribution in [2.24, 2.45) is 0 Å². The molecule has 1 saturated heterocycles. The fourth-order valence-electron chi connectivity index (χ4n) is 3.88. The SMILES string of the molecule is COc1cccc([C@@H]2CCCN2C(=O)NCCCOC2CCCC2)c1. The van der Waals surface area contributed by atoms with Crippen molar-refractivity contribution >= 4 is 6.03 Å². The summed E-state index contributed by atoms with van der Waals surface area (Å²) >= 11 is 0. The van der Waals surface area contributed by atoms with Crippen molar-refractivity contribution < 1.29 is 14.3 Å². The van der Waals surface area contributed by atoms with Gasteiger partial charge in [-0.05, 0) is 49.8 Å². The molecule has 138 valence electrons. The molecule has 1 heterocycles. The molecular formula is C20H30N2O3. The monoisotopic (exact) mass is 346 g/mol. The van der Waals surface area contributed by atoms with Gasteiger partial charge in [-0.3, -0.25) is 0 Å². The van der Waals surface area contributed by atoms with Crippen LogP contribution in [0.5, 0.6) is 5.75 Å². The summed E-state index contributed by atoms with van der Waals surface area (Å²) in [7, 11) is 1.67. The Hall–Kier alpha value is -1.75. The molecular weight excluding hydrogens is 316 g/mol. The van der Waals surface area contributed by atoms with Crippen LogP contribution in [0.15, 0.2) is 24.3 Å². The number of ether oxygens (including phenoxy) is 2. The number of methoxy groups -OCH3 is 1. The second-order valence-corrected chi connectivity index (χ2v) is 6.99. The van der Waals surface area contributed by atoms with Gasteiger partial charge < -0.3 is 19.7 Å². The van der Waals surface area contributed by atoms with Gasteiger partial charge in [0.2, 0.25) is 0 Å². The van der Waals surface area contributed by atoms with Gasteiger partial charge in [-0.25, -0.2) is 4.79 Å². The Bertz CT molecular complexity index is 558. The van der Waals surface area contributed by atoms with Crippen LogP contribution < -0.4 is 10.1 Å². The zero-order chi connectivity index (χ0) is 17.5. The molecule has 1 aliphatic heterocycles. The molecule has 0 spiro atoms. The normalized spacial score (nSPS) is 20.8. The fraction of sp³-hybridized carbons (Fsp3) is 0.650. The first-order valence-corrected chi connectivity index (χ1v) is 9.58. The largest absolute Gasteiger partial charge is 0.497 e. The van der Waals surface area contributed by atoms with E-state index in [1.165, 1.54) is 25.7 Å². The number of hydrogen-bond donors (Lipinski definition) is 1. The van der Waals surface area contributed by atoms with E-state index < -0.39 is 0 Å². The Kier molecular flexibility index (Phi) is 6.56. The Morgan fingerprint density at radius 3 is 2.88 bits per heavy atom. The number of likely N-dealkylation sites (tertiary alicyclic amines) is 1. The van der Waals surface area contributed by atoms with Crippen molar-refractivity contribution in [2.45, 2.75) is 57.1 Å². The second-order valence-electron chi connectivity index (χ2n) is 6.99. The van der Waals surface area contributed by atoms with Gasteiger partial charge in [-0.2, -0.15) is 0 Å². The van der Waals surface area contributed by atoms with Crippen LogP contribution in [-0.2, 0) is 4.74 Å². The lowest BCUT2D eigenvalue weighted by molar-refractivity contribution is 0.0570. The maximum atomic E-state index is 12.5. The first-order chi connectivity index (χ1) is 12.3. The summed E-state index contributed by atoms with van der Waals surface area (Å²) in [6, 6.07) is 8.21. The summed E-state index contributed by atoms with van der Waals surface area (Å²) in [5, 5.41) is 3.05. The molecule has 2 fully saturated rings. The van der Waals surface area contributed by atoms with Crippen molar-refractivity contribution in [3.05, 3.63) is 29.8 Å². The van der Waals surface area contributed by atoms with Crippen LogP contribution in [0.3, 0.4) is 0 Å². The van der Waals surface area contributed by atoms with Crippen molar-refractivity contribution in [3.8, 4) is 5.75 Å². The Morgan fingerprint density at radius 2 is 2.08 bits per heavy atom. The van der Waals surface area contributed by atoms with Gasteiger partial charge >= 0.3 is 6.03 Å². The van der Waals surface area contributed by atoms with Crippen LogP contribution in [0, 0.1) is 0 Å². The molecule has 1 atom stereocenters. The average molecular weight is 346 g/mol. The molecule has 2 aliphatic rings. The van der Waals surface area contributed by atoms with E-state index in [1.54, 1.807) is 7.11 Å². The van der Waals surface area contributed by atoms with Gasteiger partial charge in [0.05, 0.1) is 19.3 Å². The number of nitrogens with zero attached hydrogens (tertiary/aromatic N) is 1. The average Bonchev–Trinajstić information content (AvgIpc) is 3.33. The standard InChI is InChI=1S/C20H30N2O3/c1-24-18-10-4-7-16(15-18)19-11-5-13-22(19)20(23)21-12-6-14-25-17-8-2-3-9-17/h4,7,10,15,17,19H,2-3,5-6,8-9,11-14H2,1H3,(H,21,23)/t19-/m0/s1. The topological polar surface area (TPSA) is 50.8 Å². The second kappa shape index (κ2) is 9.09. The smallest absolute Gasteiger partial charge is 0.317 e. The number of carbonyl (C=O) groups is 1. The predicted octanol–water partition coefficient (Wildman–Crippen LogP) is 3.89. The number of benzene rings is 1. The van der Waals surface area contributed by atoms with E-state index in [-0.39, 0.29) is 12.1 Å². The van der Waals surface area contributed by atoms with Crippen LogP contribution in [0.25, 0.3) is 0 Å². The number of carbonyl (C=O) groups excluding carboxylic acids is 1. The predicted molar refractivity (Wildman–Crippen MR) is 97.9 cm³/mol. The molecule has 25 heavy (non-hydrogen) atoms. The third-order valence-corrected chi connectivity index (χ3v) is 5.25. The van der Waals surface area contributed by atoms with E-state index in [9.17, 15) is 4.79 Å². The quantitative estimate of drug-likeness (QED) is 0.762. The van der Waals surface area contributed by atoms with Crippen molar-refractivity contribution in [1.29, 1.82) is 0 Å². The molecule has 5 heteroatoms. The number of nitrogens with one attached hydrogen (secondary N) is 1. The van der Waals surface area contributed by atoms with Crippen LogP contribution in [0.2, 0.25) is 0 Å². The summed E-state index contributed by atoms with van der Waals surface area (Å²) < 4.78 is 11.2. The number of amides is 2. The molecule has 2 amide bonds. The highest BCUT2D eigenvalue weighted by atomic mass is 16.5. The lowest BCUT2D eigenvalue weighted by atomic mass is 10.0. The number of rotatable bonds is 7. The molecule has 0 unspecified atom stereocenters. The summed E-state index contributed by atoms with van der Waals surface area (Å²) in [6.07, 6.45) is 8.35. The maximum absolute atomic E-state index is 12.5. The molecule has 0 bridgehead atoms. The summed E-state index contributed by atoms with van der Waals surface area (Å²) in [5.74, 6) is 0.841. The minimum absolute atomic E-state index is 0.0335. The summed E-state index contributed by atoms with van der Waals surface area (Å²) in [6.45, 7) is 2.23. The van der Waals surface area contributed by atoms with Gasteiger partial charge in [-0.1, -0.05) is 25.0 Å². The Morgan fingerprint density at radius 1 is 1.24 bits per heavy atom. The highest BCUT2D eigenvalue weighted by Gasteiger charge is 2.29. The van der Waals surface area contributed by atoms with E-state index in [2.05, 4.69) is 11.4 Å². The first kappa shape index (κ1) is 18.1. The van der Waals surface area contributed by atoms with Crippen molar-refractivity contribution in [3.63, 3.8) is 0 Å². The maximum Gasteiger partial charge on any atom is 0.317 e. The lowest BCUT2D eigenvalue weighted by Crippen LogP contribution is -2.40. The zero-order valence-corrected chi connectivity index (χ0v) is 15.2. The summed E-state index contributed by atoms with van der Waals surface area (Å²) in [5.41, 5.74) is 1.15. The Labute approximate surface area is 150 Å². The van der Waals surface area contributed by atoms with Crippen molar-refractivity contribution in [2.75, 3.05) is 26.8 Å². The van der Waals surface area contributed by atoms with Crippen LogP contribution in [0.1, 0.15) is 56.6 Å². The van der Waals surface area contributed by atoms with E-state index in [4.69, 9.17) is 9.47 Å². The molecule has 1 N–H and O–H groups in total. The molecule has 0 aromatic heterocycles. The van der Waals surface area contributed by atoms with Crippen LogP contribution >= 0.6 is 0 Å². The van der Waals surface area contributed by atoms with Crippen LogP contribution in [0.4, 0.5) is 4.79 Å². The van der Waals surface area contributed by atoms with Gasteiger partial charge in [0, 0.05) is 19.7 Å². The third-order valence-electron chi connectivity index (χ3n) is 5.25. The van der Waals surface area contributed by atoms with E-state index in [0.29, 0.717) is 12.6 Å². The Balaban J connectivity index is 1.44. The van der Waals surface area contributed by atoms with E-state index >= 15 is 0 Å². The highest BCUT2D eigenvalue weighted by Crippen LogP contribution is 2.33. The molecule has 1 aromatic rings. The van der Waals surface area contributed by atoms with Crippen LogP contribution in [-0.4, -0.2) is 43.8 Å². The molecule has 3 rings (SSSR count). The summed E-state index contributed by atoms with van der Waals surface area (Å²) in [4.78, 5) is 14.5. The lowest BCUT2D eigenvalue weighted by Gasteiger charge is -2.25. The molecule has 1 saturated carbocycles. The minimum Gasteiger partial charge on any atom is -0.497 e. The third kappa shape index (κ3) is 4.88. The number of urea groups is 1. The minimum atomic E-state index is 0.0335. The van der Waals surface area contributed by atoms with E-state index in [0.717, 1.165) is 43.7 Å². The zero-order valence-electron chi connectivity index (χ0n) is 15.2. The van der Waals surface area contributed by atoms with E-state index in [1.807, 2.05) is 23.1 Å². The number of hydrogen-bond acceptors (Lipinski definition) is 3. The van der Waals surface area contributed by atoms with Gasteiger partial charge in [0.25, 0.3) is 0 Å². The van der Waals surface area contributed by atoms with Crippen molar-refractivity contribution in [1.82, 2.24) is 10.2 Å². The molecule has 1 aromatic carbocycles. The molecule has 1 aliphatic carbocycles. The highest BCUT2D eigenvalue weighted by molar-refractivity contribution is 5.75. The van der Waals surface area contributed by atoms with Gasteiger partial charge in [0.1, 0.15) is 5.75 Å². The van der Waals surface area contributed by atoms with Gasteiger partial charge in [0.15, 0.2) is 0 Å². The first-order valence-electron chi connectivity index (χ1n) is 9.58. The van der Waals surface area contributed by atoms with Gasteiger partial charge in [-0.15, -0.1) is 0 Å².